The van der Waals surface area contributed by atoms with Crippen LogP contribution in [0.4, 0.5) is 0 Å². The number of ether oxygens (including phenoxy) is 3. The highest BCUT2D eigenvalue weighted by atomic mass is 16.5. The predicted octanol–water partition coefficient (Wildman–Crippen LogP) is 1.58. The number of rotatable bonds is 7. The summed E-state index contributed by atoms with van der Waals surface area (Å²) in [5.74, 6) is -1.27. The Kier molecular flexibility index (Phi) is 6.96. The van der Waals surface area contributed by atoms with E-state index in [2.05, 4.69) is 5.10 Å². The van der Waals surface area contributed by atoms with Crippen LogP contribution in [0.25, 0.3) is 16.9 Å². The molecule has 2 N–H and O–H groups in total. The third-order valence-electron chi connectivity index (χ3n) is 4.57. The highest BCUT2D eigenvalue weighted by Gasteiger charge is 2.33. The molecule has 3 rings (SSSR count). The van der Waals surface area contributed by atoms with Crippen LogP contribution < -0.4 is 10.2 Å². The van der Waals surface area contributed by atoms with Gasteiger partial charge in [-0.05, 0) is 43.6 Å². The van der Waals surface area contributed by atoms with Crippen molar-refractivity contribution in [2.75, 3.05) is 14.2 Å². The van der Waals surface area contributed by atoms with Gasteiger partial charge < -0.3 is 24.3 Å². The number of hydrogen-bond acceptors (Lipinski definition) is 8. The van der Waals surface area contributed by atoms with Gasteiger partial charge in [0.25, 0.3) is 0 Å². The van der Waals surface area contributed by atoms with Crippen molar-refractivity contribution in [1.82, 2.24) is 9.78 Å². The van der Waals surface area contributed by atoms with E-state index in [1.54, 1.807) is 36.4 Å². The molecule has 32 heavy (non-hydrogen) atoms. The third kappa shape index (κ3) is 4.51. The number of methoxy groups -OCH3 is 2. The van der Waals surface area contributed by atoms with Gasteiger partial charge >= 0.3 is 19.1 Å². The molecule has 10 heteroatoms. The molecule has 1 heterocycles. The molecule has 0 aliphatic carbocycles. The Hall–Kier alpha value is -3.63. The van der Waals surface area contributed by atoms with Crippen LogP contribution in [0.1, 0.15) is 34.7 Å². The minimum Gasteiger partial charge on any atom is -0.490 e. The molecule has 0 saturated heterocycles. The van der Waals surface area contributed by atoms with Crippen LogP contribution in [0.5, 0.6) is 5.75 Å². The van der Waals surface area contributed by atoms with Crippen LogP contribution >= 0.6 is 0 Å². The van der Waals surface area contributed by atoms with Crippen LogP contribution in [0.2, 0.25) is 0 Å². The Balaban J connectivity index is 2.41. The number of carbonyl (C=O) groups excluding carboxylic acids is 2. The molecule has 0 bridgehead atoms. The molecular weight excluding hydrogens is 415 g/mol. The fourth-order valence-corrected chi connectivity index (χ4v) is 3.19. The Morgan fingerprint density at radius 2 is 1.66 bits per heavy atom. The van der Waals surface area contributed by atoms with Crippen molar-refractivity contribution in [3.63, 3.8) is 0 Å². The Morgan fingerprint density at radius 1 is 1.00 bits per heavy atom. The van der Waals surface area contributed by atoms with Gasteiger partial charge in [0.1, 0.15) is 17.0 Å². The molecule has 2 aromatic carbocycles. The zero-order valence-corrected chi connectivity index (χ0v) is 18.1. The lowest BCUT2D eigenvalue weighted by Crippen LogP contribution is -2.30. The van der Waals surface area contributed by atoms with Crippen LogP contribution in [-0.2, 0) is 9.47 Å². The first-order valence-electron chi connectivity index (χ1n) is 9.80. The molecule has 0 unspecified atom stereocenters. The summed E-state index contributed by atoms with van der Waals surface area (Å²) in [6.07, 6.45) is -0.225. The summed E-state index contributed by atoms with van der Waals surface area (Å²) in [6.45, 7) is 3.64. The first-order valence-corrected chi connectivity index (χ1v) is 9.80. The van der Waals surface area contributed by atoms with E-state index in [0.29, 0.717) is 11.4 Å². The molecule has 0 aliphatic heterocycles. The molecule has 166 valence electrons. The van der Waals surface area contributed by atoms with Gasteiger partial charge in [-0.2, -0.15) is 5.10 Å². The smallest absolute Gasteiger partial charge is 0.488 e. The lowest BCUT2D eigenvalue weighted by Gasteiger charge is -2.15. The topological polar surface area (TPSA) is 120 Å². The minimum absolute atomic E-state index is 0.0688. The van der Waals surface area contributed by atoms with Crippen molar-refractivity contribution in [3.8, 4) is 22.7 Å². The summed E-state index contributed by atoms with van der Waals surface area (Å²) < 4.78 is 17.0. The van der Waals surface area contributed by atoms with Gasteiger partial charge in [0.2, 0.25) is 0 Å². The molecular formula is C22H23BN2O7. The number of hydrogen-bond donors (Lipinski definition) is 2. The minimum atomic E-state index is -1.76. The Bertz CT molecular complexity index is 1130. The van der Waals surface area contributed by atoms with E-state index in [4.69, 9.17) is 14.2 Å². The van der Waals surface area contributed by atoms with Crippen LogP contribution in [0.3, 0.4) is 0 Å². The van der Waals surface area contributed by atoms with Gasteiger partial charge in [-0.15, -0.1) is 0 Å². The first-order chi connectivity index (χ1) is 15.3. The summed E-state index contributed by atoms with van der Waals surface area (Å²) in [5, 5.41) is 23.9. The lowest BCUT2D eigenvalue weighted by atomic mass is 9.79. The molecule has 1 aromatic heterocycles. The molecule has 0 aliphatic rings. The maximum absolute atomic E-state index is 12.8. The number of para-hydroxylation sites is 1. The van der Waals surface area contributed by atoms with Crippen molar-refractivity contribution in [3.05, 3.63) is 59.8 Å². The van der Waals surface area contributed by atoms with Crippen LogP contribution in [0, 0.1) is 0 Å². The molecule has 0 fully saturated rings. The predicted molar refractivity (Wildman–Crippen MR) is 117 cm³/mol. The van der Waals surface area contributed by atoms with E-state index in [1.165, 1.54) is 31.0 Å². The van der Waals surface area contributed by atoms with Gasteiger partial charge in [-0.25, -0.2) is 14.3 Å². The molecule has 0 radical (unpaired) electrons. The largest absolute Gasteiger partial charge is 0.490 e. The summed E-state index contributed by atoms with van der Waals surface area (Å²) in [7, 11) is 0.619. The van der Waals surface area contributed by atoms with Gasteiger partial charge in [0.15, 0.2) is 5.69 Å². The Morgan fingerprint density at radius 3 is 2.22 bits per heavy atom. The van der Waals surface area contributed by atoms with Gasteiger partial charge in [-0.1, -0.05) is 24.3 Å². The first kappa shape index (κ1) is 23.0. The SMILES string of the molecule is COC(=O)c1c(-c2cc(B(O)O)ccc2OC(C)C)nn(-c2ccccc2)c1C(=O)OC. The second kappa shape index (κ2) is 9.67. The summed E-state index contributed by atoms with van der Waals surface area (Å²) in [6, 6.07) is 13.2. The standard InChI is InChI=1S/C22H23BN2O7/c1-13(2)32-17-11-10-14(23(28)29)12-16(17)19-18(21(26)30-3)20(22(27)31-4)25(24-19)15-8-6-5-7-9-15/h5-13,28-29H,1-4H3. The second-order valence-electron chi connectivity index (χ2n) is 7.10. The fraction of sp³-hybridized carbons (Fsp3) is 0.227. The molecule has 0 saturated carbocycles. The molecule has 3 aromatic rings. The van der Waals surface area contributed by atoms with Crippen LogP contribution in [-0.4, -0.2) is 59.2 Å². The summed E-state index contributed by atoms with van der Waals surface area (Å²) >= 11 is 0. The lowest BCUT2D eigenvalue weighted by molar-refractivity contribution is 0.0549. The zero-order valence-electron chi connectivity index (χ0n) is 18.1. The number of esters is 2. The second-order valence-corrected chi connectivity index (χ2v) is 7.10. The number of benzene rings is 2. The number of aromatic nitrogens is 2. The molecule has 0 amide bonds. The molecule has 0 atom stereocenters. The normalized spacial score (nSPS) is 10.7. The molecule has 0 spiro atoms. The number of carbonyl (C=O) groups is 2. The van der Waals surface area contributed by atoms with Crippen molar-refractivity contribution in [2.24, 2.45) is 0 Å². The monoisotopic (exact) mass is 438 g/mol. The summed E-state index contributed by atoms with van der Waals surface area (Å²) in [5.41, 5.74) is 0.742. The van der Waals surface area contributed by atoms with E-state index in [0.717, 1.165) is 0 Å². The Labute approximate surface area is 185 Å². The summed E-state index contributed by atoms with van der Waals surface area (Å²) in [4.78, 5) is 25.6. The highest BCUT2D eigenvalue weighted by Crippen LogP contribution is 2.35. The van der Waals surface area contributed by atoms with Crippen molar-refractivity contribution >= 4 is 24.5 Å². The average molecular weight is 438 g/mol. The van der Waals surface area contributed by atoms with Gasteiger partial charge in [-0.3, -0.25) is 0 Å². The van der Waals surface area contributed by atoms with Gasteiger partial charge in [0, 0.05) is 5.56 Å². The maximum atomic E-state index is 12.8. The van der Waals surface area contributed by atoms with Crippen molar-refractivity contribution in [2.45, 2.75) is 20.0 Å². The van der Waals surface area contributed by atoms with E-state index in [1.807, 2.05) is 13.8 Å². The van der Waals surface area contributed by atoms with E-state index in [9.17, 15) is 19.6 Å². The van der Waals surface area contributed by atoms with E-state index in [-0.39, 0.29) is 34.1 Å². The number of nitrogens with zero attached hydrogens (tertiary/aromatic N) is 2. The van der Waals surface area contributed by atoms with Crippen molar-refractivity contribution in [1.29, 1.82) is 0 Å². The van der Waals surface area contributed by atoms with Crippen molar-refractivity contribution < 1.29 is 33.8 Å². The fourth-order valence-electron chi connectivity index (χ4n) is 3.19. The maximum Gasteiger partial charge on any atom is 0.488 e. The van der Waals surface area contributed by atoms with E-state index >= 15 is 0 Å². The highest BCUT2D eigenvalue weighted by molar-refractivity contribution is 6.58. The third-order valence-corrected chi connectivity index (χ3v) is 4.57. The van der Waals surface area contributed by atoms with Gasteiger partial charge in [0.05, 0.1) is 26.0 Å². The zero-order chi connectivity index (χ0) is 23.4. The van der Waals surface area contributed by atoms with E-state index < -0.39 is 19.1 Å². The van der Waals surface area contributed by atoms with Crippen LogP contribution in [0.15, 0.2) is 48.5 Å². The quantitative estimate of drug-likeness (QED) is 0.422. The average Bonchev–Trinajstić information content (AvgIpc) is 3.18. The molecule has 9 nitrogen and oxygen atoms in total.